The van der Waals surface area contributed by atoms with Crippen LogP contribution in [0.2, 0.25) is 0 Å². The van der Waals surface area contributed by atoms with Crippen LogP contribution < -0.4 is 5.32 Å². The lowest BCUT2D eigenvalue weighted by molar-refractivity contribution is 0.0784. The summed E-state index contributed by atoms with van der Waals surface area (Å²) in [7, 11) is 0. The number of hydrogen-bond acceptors (Lipinski definition) is 2. The van der Waals surface area contributed by atoms with Crippen molar-refractivity contribution in [3.05, 3.63) is 95.7 Å². The molecular weight excluding hydrogens is 398 g/mol. The highest BCUT2D eigenvalue weighted by molar-refractivity contribution is 6.07. The number of aromatic nitrogens is 1. The van der Waals surface area contributed by atoms with Gasteiger partial charge in [0.1, 0.15) is 0 Å². The molecule has 160 valence electrons. The van der Waals surface area contributed by atoms with Gasteiger partial charge >= 0.3 is 0 Å². The molecule has 1 saturated heterocycles. The van der Waals surface area contributed by atoms with Gasteiger partial charge in [-0.2, -0.15) is 0 Å². The van der Waals surface area contributed by atoms with E-state index in [0.717, 1.165) is 34.0 Å². The normalized spacial score (nSPS) is 15.8. The molecule has 1 aromatic heterocycles. The first kappa shape index (κ1) is 20.1. The lowest BCUT2D eigenvalue weighted by atomic mass is 9.97. The molecule has 3 aromatic carbocycles. The summed E-state index contributed by atoms with van der Waals surface area (Å²) in [5, 5.41) is 4.02. The Bertz CT molecular complexity index is 1310. The average molecular weight is 424 g/mol. The zero-order valence-corrected chi connectivity index (χ0v) is 18.0. The SMILES string of the molecule is Cc1cccc(-c2ccccc2C(=O)N2CCC(NC(=O)c3c[nH]c4ccccc34)C2)c1. The predicted molar refractivity (Wildman–Crippen MR) is 127 cm³/mol. The van der Waals surface area contributed by atoms with Gasteiger partial charge in [-0.05, 0) is 36.6 Å². The number of benzene rings is 3. The number of carbonyl (C=O) groups is 2. The molecule has 5 rings (SSSR count). The van der Waals surface area contributed by atoms with Gasteiger partial charge in [-0.1, -0.05) is 66.2 Å². The van der Waals surface area contributed by atoms with Crippen molar-refractivity contribution in [3.8, 4) is 11.1 Å². The van der Waals surface area contributed by atoms with Crippen LogP contribution in [0, 0.1) is 6.92 Å². The molecule has 0 saturated carbocycles. The maximum atomic E-state index is 13.4. The van der Waals surface area contributed by atoms with Gasteiger partial charge in [-0.15, -0.1) is 0 Å². The Morgan fingerprint density at radius 1 is 0.969 bits per heavy atom. The molecule has 1 atom stereocenters. The molecule has 1 aliphatic rings. The van der Waals surface area contributed by atoms with E-state index in [4.69, 9.17) is 0 Å². The number of rotatable bonds is 4. The van der Waals surface area contributed by atoms with E-state index in [9.17, 15) is 9.59 Å². The summed E-state index contributed by atoms with van der Waals surface area (Å²) in [4.78, 5) is 31.2. The van der Waals surface area contributed by atoms with Crippen molar-refractivity contribution in [1.82, 2.24) is 15.2 Å². The largest absolute Gasteiger partial charge is 0.360 e. The third-order valence-electron chi connectivity index (χ3n) is 6.13. The summed E-state index contributed by atoms with van der Waals surface area (Å²) in [5.41, 5.74) is 5.40. The number of fused-ring (bicyclic) bond motifs is 1. The summed E-state index contributed by atoms with van der Waals surface area (Å²) in [5.74, 6) is -0.104. The van der Waals surface area contributed by atoms with Crippen LogP contribution in [-0.4, -0.2) is 40.8 Å². The van der Waals surface area contributed by atoms with Gasteiger partial charge in [0, 0.05) is 41.8 Å². The molecule has 0 spiro atoms. The Hall–Kier alpha value is -3.86. The number of nitrogens with one attached hydrogen (secondary N) is 2. The maximum absolute atomic E-state index is 13.4. The number of amides is 2. The number of likely N-dealkylation sites (tertiary alicyclic amines) is 1. The number of nitrogens with zero attached hydrogens (tertiary/aromatic N) is 1. The molecule has 2 heterocycles. The third kappa shape index (κ3) is 3.78. The van der Waals surface area contributed by atoms with Crippen LogP contribution >= 0.6 is 0 Å². The molecule has 1 aliphatic heterocycles. The van der Waals surface area contributed by atoms with Crippen molar-refractivity contribution in [2.24, 2.45) is 0 Å². The Morgan fingerprint density at radius 3 is 2.66 bits per heavy atom. The van der Waals surface area contributed by atoms with Gasteiger partial charge in [-0.3, -0.25) is 9.59 Å². The zero-order valence-electron chi connectivity index (χ0n) is 18.0. The minimum Gasteiger partial charge on any atom is -0.360 e. The van der Waals surface area contributed by atoms with Crippen molar-refractivity contribution < 1.29 is 9.59 Å². The van der Waals surface area contributed by atoms with Crippen LogP contribution in [0.25, 0.3) is 22.0 Å². The summed E-state index contributed by atoms with van der Waals surface area (Å²) >= 11 is 0. The zero-order chi connectivity index (χ0) is 22.1. The molecule has 32 heavy (non-hydrogen) atoms. The van der Waals surface area contributed by atoms with Crippen molar-refractivity contribution in [2.45, 2.75) is 19.4 Å². The van der Waals surface area contributed by atoms with Crippen LogP contribution in [0.3, 0.4) is 0 Å². The highest BCUT2D eigenvalue weighted by Crippen LogP contribution is 2.27. The summed E-state index contributed by atoms with van der Waals surface area (Å²) in [6.07, 6.45) is 2.49. The minimum absolute atomic E-state index is 0.00551. The Labute approximate surface area is 187 Å². The third-order valence-corrected chi connectivity index (χ3v) is 6.13. The van der Waals surface area contributed by atoms with Crippen molar-refractivity contribution >= 4 is 22.7 Å². The summed E-state index contributed by atoms with van der Waals surface area (Å²) < 4.78 is 0. The Morgan fingerprint density at radius 2 is 1.78 bits per heavy atom. The van der Waals surface area contributed by atoms with Crippen molar-refractivity contribution in [1.29, 1.82) is 0 Å². The molecule has 2 N–H and O–H groups in total. The molecule has 2 amide bonds. The quantitative estimate of drug-likeness (QED) is 0.496. The van der Waals surface area contributed by atoms with Crippen molar-refractivity contribution in [2.75, 3.05) is 13.1 Å². The molecular formula is C27H25N3O2. The van der Waals surface area contributed by atoms with E-state index in [1.54, 1.807) is 6.20 Å². The fourth-order valence-electron chi connectivity index (χ4n) is 4.49. The Balaban J connectivity index is 1.31. The van der Waals surface area contributed by atoms with Gasteiger partial charge in [0.2, 0.25) is 0 Å². The smallest absolute Gasteiger partial charge is 0.254 e. The second kappa shape index (κ2) is 8.35. The van der Waals surface area contributed by atoms with E-state index in [1.807, 2.05) is 65.6 Å². The van der Waals surface area contributed by atoms with Gasteiger partial charge in [0.25, 0.3) is 11.8 Å². The molecule has 5 nitrogen and oxygen atoms in total. The van der Waals surface area contributed by atoms with Crippen LogP contribution in [0.5, 0.6) is 0 Å². The predicted octanol–water partition coefficient (Wildman–Crippen LogP) is 4.79. The second-order valence-corrected chi connectivity index (χ2v) is 8.37. The Kier molecular flexibility index (Phi) is 5.23. The van der Waals surface area contributed by atoms with E-state index < -0.39 is 0 Å². The maximum Gasteiger partial charge on any atom is 0.254 e. The fourth-order valence-corrected chi connectivity index (χ4v) is 4.49. The van der Waals surface area contributed by atoms with E-state index in [-0.39, 0.29) is 17.9 Å². The van der Waals surface area contributed by atoms with Crippen LogP contribution in [0.1, 0.15) is 32.7 Å². The minimum atomic E-state index is -0.109. The molecule has 1 unspecified atom stereocenters. The molecule has 0 radical (unpaired) electrons. The molecule has 4 aromatic rings. The molecule has 5 heteroatoms. The number of carbonyl (C=O) groups excluding carboxylic acids is 2. The number of hydrogen-bond donors (Lipinski definition) is 2. The number of para-hydroxylation sites is 1. The standard InChI is InChI=1S/C27H25N3O2/c1-18-7-6-8-19(15-18)21-9-2-3-11-23(21)27(32)30-14-13-20(17-30)29-26(31)24-16-28-25-12-5-4-10-22(24)25/h2-12,15-16,20,28H,13-14,17H2,1H3,(H,29,31). The highest BCUT2D eigenvalue weighted by Gasteiger charge is 2.29. The van der Waals surface area contributed by atoms with Crippen LogP contribution in [0.15, 0.2) is 79.0 Å². The highest BCUT2D eigenvalue weighted by atomic mass is 16.2. The van der Waals surface area contributed by atoms with E-state index in [2.05, 4.69) is 29.4 Å². The van der Waals surface area contributed by atoms with Gasteiger partial charge < -0.3 is 15.2 Å². The van der Waals surface area contributed by atoms with Gasteiger partial charge in [0.15, 0.2) is 0 Å². The monoisotopic (exact) mass is 423 g/mol. The topological polar surface area (TPSA) is 65.2 Å². The molecule has 1 fully saturated rings. The lowest BCUT2D eigenvalue weighted by Crippen LogP contribution is -2.38. The second-order valence-electron chi connectivity index (χ2n) is 8.37. The van der Waals surface area contributed by atoms with Crippen molar-refractivity contribution in [3.63, 3.8) is 0 Å². The average Bonchev–Trinajstić information content (AvgIpc) is 3.46. The van der Waals surface area contributed by atoms with E-state index in [0.29, 0.717) is 24.2 Å². The fraction of sp³-hybridized carbons (Fsp3) is 0.185. The number of H-pyrrole nitrogens is 1. The van der Waals surface area contributed by atoms with Crippen LogP contribution in [-0.2, 0) is 0 Å². The number of aryl methyl sites for hydroxylation is 1. The van der Waals surface area contributed by atoms with Gasteiger partial charge in [-0.25, -0.2) is 0 Å². The summed E-state index contributed by atoms with van der Waals surface area (Å²) in [6.45, 7) is 3.18. The first-order chi connectivity index (χ1) is 15.6. The first-order valence-electron chi connectivity index (χ1n) is 10.9. The molecule has 0 aliphatic carbocycles. The van der Waals surface area contributed by atoms with Crippen LogP contribution in [0.4, 0.5) is 0 Å². The molecule has 0 bridgehead atoms. The van der Waals surface area contributed by atoms with Gasteiger partial charge in [0.05, 0.1) is 5.56 Å². The van der Waals surface area contributed by atoms with E-state index >= 15 is 0 Å². The van der Waals surface area contributed by atoms with E-state index in [1.165, 1.54) is 0 Å². The summed E-state index contributed by atoms with van der Waals surface area (Å²) in [6, 6.07) is 23.6. The lowest BCUT2D eigenvalue weighted by Gasteiger charge is -2.19. The first-order valence-corrected chi connectivity index (χ1v) is 10.9. The number of aromatic amines is 1.